The van der Waals surface area contributed by atoms with Gasteiger partial charge < -0.3 is 13.6 Å². The smallest absolute Gasteiger partial charge is 0.374 e. The molecule has 0 N–H and O–H groups in total. The molecular formula is C18H11BrN2O4. The number of rotatable bonds is 4. The van der Waals surface area contributed by atoms with Crippen LogP contribution in [0.15, 0.2) is 67.9 Å². The minimum Gasteiger partial charge on any atom is -0.450 e. The number of carbonyl (C=O) groups is 1. The summed E-state index contributed by atoms with van der Waals surface area (Å²) < 4.78 is 17.1. The van der Waals surface area contributed by atoms with E-state index in [0.29, 0.717) is 11.5 Å². The zero-order chi connectivity index (χ0) is 17.2. The molecule has 0 unspecified atom stereocenters. The maximum atomic E-state index is 12.1. The minimum absolute atomic E-state index is 0.126. The number of furan rings is 1. The molecule has 4 aromatic rings. The monoisotopic (exact) mass is 398 g/mol. The molecule has 6 nitrogen and oxygen atoms in total. The van der Waals surface area contributed by atoms with Gasteiger partial charge in [0.25, 0.3) is 5.89 Å². The summed E-state index contributed by atoms with van der Waals surface area (Å²) in [4.78, 5) is 12.1. The number of carbonyl (C=O) groups excluding carboxylic acids is 1. The largest absolute Gasteiger partial charge is 0.450 e. The third-order valence-electron chi connectivity index (χ3n) is 3.51. The van der Waals surface area contributed by atoms with Crippen LogP contribution in [-0.4, -0.2) is 16.2 Å². The van der Waals surface area contributed by atoms with Crippen molar-refractivity contribution >= 4 is 32.9 Å². The molecule has 0 fully saturated rings. The van der Waals surface area contributed by atoms with E-state index in [1.165, 1.54) is 0 Å². The predicted octanol–water partition coefficient (Wildman–Crippen LogP) is 4.60. The van der Waals surface area contributed by atoms with Gasteiger partial charge in [0.2, 0.25) is 11.7 Å². The SMILES string of the molecule is O=C(OCc1nnc(-c2ccc(Br)cc2)o1)c1cc2ccccc2o1. The van der Waals surface area contributed by atoms with Gasteiger partial charge in [0.15, 0.2) is 6.61 Å². The Kier molecular flexibility index (Phi) is 4.07. The Bertz CT molecular complexity index is 1000. The number of para-hydroxylation sites is 1. The number of hydrogen-bond donors (Lipinski definition) is 0. The van der Waals surface area contributed by atoms with Crippen molar-refractivity contribution in [1.29, 1.82) is 0 Å². The van der Waals surface area contributed by atoms with Crippen LogP contribution in [0.4, 0.5) is 0 Å². The Morgan fingerprint density at radius 1 is 1.04 bits per heavy atom. The number of fused-ring (bicyclic) bond motifs is 1. The molecule has 2 aromatic heterocycles. The quantitative estimate of drug-likeness (QED) is 0.467. The van der Waals surface area contributed by atoms with Gasteiger partial charge >= 0.3 is 5.97 Å². The molecule has 0 amide bonds. The molecule has 25 heavy (non-hydrogen) atoms. The molecule has 4 rings (SSSR count). The van der Waals surface area contributed by atoms with E-state index in [1.54, 1.807) is 12.1 Å². The number of halogens is 1. The Hall–Kier alpha value is -2.93. The van der Waals surface area contributed by atoms with Crippen LogP contribution in [0.25, 0.3) is 22.4 Å². The molecular weight excluding hydrogens is 388 g/mol. The number of ether oxygens (including phenoxy) is 1. The van der Waals surface area contributed by atoms with Crippen LogP contribution in [0.2, 0.25) is 0 Å². The van der Waals surface area contributed by atoms with Gasteiger partial charge in [-0.05, 0) is 36.4 Å². The fraction of sp³-hybridized carbons (Fsp3) is 0.0556. The fourth-order valence-corrected chi connectivity index (χ4v) is 2.57. The van der Waals surface area contributed by atoms with Gasteiger partial charge in [-0.2, -0.15) is 0 Å². The summed E-state index contributed by atoms with van der Waals surface area (Å²) in [5.74, 6) is 0.123. The van der Waals surface area contributed by atoms with Crippen molar-refractivity contribution in [3.8, 4) is 11.5 Å². The van der Waals surface area contributed by atoms with E-state index in [1.807, 2.05) is 42.5 Å². The average molecular weight is 399 g/mol. The van der Waals surface area contributed by atoms with Gasteiger partial charge in [0, 0.05) is 15.4 Å². The number of hydrogen-bond acceptors (Lipinski definition) is 6. The second kappa shape index (κ2) is 6.52. The second-order valence-electron chi connectivity index (χ2n) is 5.23. The van der Waals surface area contributed by atoms with Crippen molar-refractivity contribution in [3.63, 3.8) is 0 Å². The van der Waals surface area contributed by atoms with Gasteiger partial charge in [0.05, 0.1) is 0 Å². The van der Waals surface area contributed by atoms with E-state index in [0.717, 1.165) is 15.4 Å². The van der Waals surface area contributed by atoms with Crippen LogP contribution in [-0.2, 0) is 11.3 Å². The fourth-order valence-electron chi connectivity index (χ4n) is 2.30. The highest BCUT2D eigenvalue weighted by atomic mass is 79.9. The molecule has 0 aliphatic rings. The van der Waals surface area contributed by atoms with Crippen LogP contribution in [0.3, 0.4) is 0 Å². The lowest BCUT2D eigenvalue weighted by Gasteiger charge is -1.98. The van der Waals surface area contributed by atoms with Gasteiger partial charge in [-0.1, -0.05) is 34.1 Å². The molecule has 2 aromatic carbocycles. The standard InChI is InChI=1S/C18H11BrN2O4/c19-13-7-5-11(6-8-13)17-21-20-16(25-17)10-23-18(22)15-9-12-3-1-2-4-14(12)24-15/h1-9H,10H2. The lowest BCUT2D eigenvalue weighted by atomic mass is 10.2. The number of nitrogens with zero attached hydrogens (tertiary/aromatic N) is 2. The summed E-state index contributed by atoms with van der Waals surface area (Å²) in [5.41, 5.74) is 1.41. The van der Waals surface area contributed by atoms with E-state index in [2.05, 4.69) is 26.1 Å². The van der Waals surface area contributed by atoms with Gasteiger partial charge in [0.1, 0.15) is 5.58 Å². The number of aromatic nitrogens is 2. The summed E-state index contributed by atoms with van der Waals surface area (Å²) in [5, 5.41) is 8.68. The zero-order valence-corrected chi connectivity index (χ0v) is 14.4. The summed E-state index contributed by atoms with van der Waals surface area (Å²) >= 11 is 3.37. The first-order valence-electron chi connectivity index (χ1n) is 7.43. The summed E-state index contributed by atoms with van der Waals surface area (Å²) in [6, 6.07) is 16.4. The van der Waals surface area contributed by atoms with Crippen molar-refractivity contribution in [1.82, 2.24) is 10.2 Å². The first-order valence-corrected chi connectivity index (χ1v) is 8.22. The van der Waals surface area contributed by atoms with Crippen molar-refractivity contribution in [3.05, 3.63) is 70.7 Å². The molecule has 124 valence electrons. The Labute approximate surface area is 150 Å². The zero-order valence-electron chi connectivity index (χ0n) is 12.8. The van der Waals surface area contributed by atoms with Crippen LogP contribution < -0.4 is 0 Å². The molecule has 2 heterocycles. The maximum Gasteiger partial charge on any atom is 0.374 e. The number of benzene rings is 2. The first kappa shape index (κ1) is 15.6. The second-order valence-corrected chi connectivity index (χ2v) is 6.15. The normalized spacial score (nSPS) is 10.9. The molecule has 0 radical (unpaired) electrons. The van der Waals surface area contributed by atoms with E-state index in [4.69, 9.17) is 13.6 Å². The highest BCUT2D eigenvalue weighted by molar-refractivity contribution is 9.10. The third kappa shape index (κ3) is 3.32. The molecule has 0 saturated carbocycles. The van der Waals surface area contributed by atoms with Crippen LogP contribution in [0, 0.1) is 0 Å². The van der Waals surface area contributed by atoms with Crippen molar-refractivity contribution < 1.29 is 18.4 Å². The maximum absolute atomic E-state index is 12.1. The van der Waals surface area contributed by atoms with Crippen LogP contribution in [0.5, 0.6) is 0 Å². The number of esters is 1. The van der Waals surface area contributed by atoms with Crippen molar-refractivity contribution in [2.24, 2.45) is 0 Å². The highest BCUT2D eigenvalue weighted by Gasteiger charge is 2.16. The van der Waals surface area contributed by atoms with Crippen molar-refractivity contribution in [2.75, 3.05) is 0 Å². The summed E-state index contributed by atoms with van der Waals surface area (Å²) in [7, 11) is 0. The molecule has 0 spiro atoms. The van der Waals surface area contributed by atoms with E-state index in [-0.39, 0.29) is 18.3 Å². The topological polar surface area (TPSA) is 78.4 Å². The molecule has 0 aliphatic carbocycles. The molecule has 7 heteroatoms. The van der Waals surface area contributed by atoms with Gasteiger partial charge in [-0.25, -0.2) is 4.79 Å². The van der Waals surface area contributed by atoms with E-state index >= 15 is 0 Å². The van der Waals surface area contributed by atoms with E-state index in [9.17, 15) is 4.79 Å². The highest BCUT2D eigenvalue weighted by Crippen LogP contribution is 2.22. The Morgan fingerprint density at radius 3 is 2.64 bits per heavy atom. The first-order chi connectivity index (χ1) is 12.2. The molecule has 0 atom stereocenters. The minimum atomic E-state index is -0.584. The Morgan fingerprint density at radius 2 is 1.84 bits per heavy atom. The van der Waals surface area contributed by atoms with Crippen LogP contribution >= 0.6 is 15.9 Å². The van der Waals surface area contributed by atoms with E-state index < -0.39 is 5.97 Å². The average Bonchev–Trinajstić information content (AvgIpc) is 3.27. The van der Waals surface area contributed by atoms with Gasteiger partial charge in [-0.3, -0.25) is 0 Å². The lowest BCUT2D eigenvalue weighted by Crippen LogP contribution is -2.04. The molecule has 0 aliphatic heterocycles. The van der Waals surface area contributed by atoms with Crippen molar-refractivity contribution in [2.45, 2.75) is 6.61 Å². The summed E-state index contributed by atoms with van der Waals surface area (Å²) in [6.45, 7) is -0.126. The predicted molar refractivity (Wildman–Crippen MR) is 92.8 cm³/mol. The van der Waals surface area contributed by atoms with Gasteiger partial charge in [-0.15, -0.1) is 10.2 Å². The van der Waals surface area contributed by atoms with Crippen LogP contribution in [0.1, 0.15) is 16.4 Å². The summed E-state index contributed by atoms with van der Waals surface area (Å²) in [6.07, 6.45) is 0. The molecule has 0 saturated heterocycles. The lowest BCUT2D eigenvalue weighted by molar-refractivity contribution is 0.0405. The Balaban J connectivity index is 1.44. The third-order valence-corrected chi connectivity index (χ3v) is 4.04. The molecule has 0 bridgehead atoms.